The molecule has 0 rings (SSSR count). The normalized spacial score (nSPS) is 10.5. The maximum atomic E-state index is 11.5. The van der Waals surface area contributed by atoms with E-state index in [1.54, 1.807) is 6.92 Å². The average molecular weight is 165 g/mol. The fraction of sp³-hybridized carbons (Fsp3) is 0.857. The maximum absolute atomic E-state index is 11.5. The number of Topliss-reactive ketones (excluding diaryl/α,β-unsaturated/α-hetero) is 1. The summed E-state index contributed by atoms with van der Waals surface area (Å²) < 4.78 is 23.0. The number of ketones is 1. The summed E-state index contributed by atoms with van der Waals surface area (Å²) in [4.78, 5) is 10.6. The molecular weight excluding hydrogens is 152 g/mol. The van der Waals surface area contributed by atoms with Crippen LogP contribution in [0.15, 0.2) is 0 Å². The van der Waals surface area contributed by atoms with Crippen LogP contribution < -0.4 is 5.32 Å². The molecule has 0 unspecified atom stereocenters. The van der Waals surface area contributed by atoms with E-state index in [0.29, 0.717) is 19.4 Å². The van der Waals surface area contributed by atoms with Crippen molar-refractivity contribution in [3.05, 3.63) is 0 Å². The Morgan fingerprint density at radius 1 is 1.55 bits per heavy atom. The fourth-order valence-corrected chi connectivity index (χ4v) is 0.616. The first kappa shape index (κ1) is 10.5. The van der Waals surface area contributed by atoms with Gasteiger partial charge in [-0.15, -0.1) is 0 Å². The predicted octanol–water partition coefficient (Wildman–Crippen LogP) is 1.21. The second-order valence-corrected chi connectivity index (χ2v) is 2.24. The van der Waals surface area contributed by atoms with Crippen LogP contribution in [0.3, 0.4) is 0 Å². The number of nitrogens with one attached hydrogen (secondary N) is 1. The van der Waals surface area contributed by atoms with E-state index in [2.05, 4.69) is 5.32 Å². The minimum absolute atomic E-state index is 0.103. The summed E-state index contributed by atoms with van der Waals surface area (Å²) >= 11 is 0. The van der Waals surface area contributed by atoms with Gasteiger partial charge < -0.3 is 5.32 Å². The molecule has 2 nitrogen and oxygen atoms in total. The number of halogens is 2. The minimum atomic E-state index is -2.33. The molecular formula is C7H13F2NO. The van der Waals surface area contributed by atoms with Crippen molar-refractivity contribution in [3.63, 3.8) is 0 Å². The zero-order valence-corrected chi connectivity index (χ0v) is 6.57. The molecule has 0 saturated carbocycles. The molecule has 0 aliphatic heterocycles. The van der Waals surface area contributed by atoms with Crippen molar-refractivity contribution in [2.75, 3.05) is 13.1 Å². The van der Waals surface area contributed by atoms with Crippen LogP contribution >= 0.6 is 0 Å². The lowest BCUT2D eigenvalue weighted by molar-refractivity contribution is -0.118. The van der Waals surface area contributed by atoms with Gasteiger partial charge in [-0.2, -0.15) is 0 Å². The SMILES string of the molecule is CCC(=O)CCNCC(F)F. The molecule has 0 fully saturated rings. The lowest BCUT2D eigenvalue weighted by Crippen LogP contribution is -2.23. The summed E-state index contributed by atoms with van der Waals surface area (Å²) in [6.07, 6.45) is -1.49. The Bertz CT molecular complexity index is 117. The molecule has 0 radical (unpaired) electrons. The van der Waals surface area contributed by atoms with Crippen LogP contribution in [-0.4, -0.2) is 25.3 Å². The highest BCUT2D eigenvalue weighted by Gasteiger charge is 2.01. The topological polar surface area (TPSA) is 29.1 Å². The van der Waals surface area contributed by atoms with Gasteiger partial charge >= 0.3 is 0 Å². The smallest absolute Gasteiger partial charge is 0.250 e. The van der Waals surface area contributed by atoms with Gasteiger partial charge in [-0.1, -0.05) is 6.92 Å². The number of carbonyl (C=O) groups is 1. The number of alkyl halides is 2. The zero-order chi connectivity index (χ0) is 8.69. The first-order valence-corrected chi connectivity index (χ1v) is 3.67. The second-order valence-electron chi connectivity index (χ2n) is 2.24. The molecule has 0 amide bonds. The van der Waals surface area contributed by atoms with E-state index in [1.165, 1.54) is 0 Å². The Morgan fingerprint density at radius 2 is 2.18 bits per heavy atom. The Hall–Kier alpha value is -0.510. The first-order chi connectivity index (χ1) is 5.16. The summed E-state index contributed by atoms with van der Waals surface area (Å²) in [6, 6.07) is 0. The van der Waals surface area contributed by atoms with Crippen molar-refractivity contribution in [2.45, 2.75) is 26.2 Å². The van der Waals surface area contributed by atoms with Crippen molar-refractivity contribution in [3.8, 4) is 0 Å². The third kappa shape index (κ3) is 7.39. The van der Waals surface area contributed by atoms with E-state index in [1.807, 2.05) is 0 Å². The highest BCUT2D eigenvalue weighted by molar-refractivity contribution is 5.78. The molecule has 0 aromatic rings. The lowest BCUT2D eigenvalue weighted by Gasteiger charge is -2.01. The van der Waals surface area contributed by atoms with Gasteiger partial charge in [0.2, 0.25) is 0 Å². The predicted molar refractivity (Wildman–Crippen MR) is 38.8 cm³/mol. The highest BCUT2D eigenvalue weighted by Crippen LogP contribution is 1.89. The molecule has 0 aromatic carbocycles. The van der Waals surface area contributed by atoms with E-state index in [4.69, 9.17) is 0 Å². The van der Waals surface area contributed by atoms with Gasteiger partial charge in [-0.05, 0) is 0 Å². The lowest BCUT2D eigenvalue weighted by atomic mass is 10.2. The molecule has 0 atom stereocenters. The maximum Gasteiger partial charge on any atom is 0.250 e. The second kappa shape index (κ2) is 6.22. The molecule has 11 heavy (non-hydrogen) atoms. The van der Waals surface area contributed by atoms with Crippen LogP contribution in [0, 0.1) is 0 Å². The van der Waals surface area contributed by atoms with Gasteiger partial charge in [0, 0.05) is 19.4 Å². The van der Waals surface area contributed by atoms with Crippen LogP contribution in [0.1, 0.15) is 19.8 Å². The van der Waals surface area contributed by atoms with Gasteiger partial charge in [0.05, 0.1) is 6.54 Å². The monoisotopic (exact) mass is 165 g/mol. The number of hydrogen-bond acceptors (Lipinski definition) is 2. The molecule has 0 heterocycles. The standard InChI is InChI=1S/C7H13F2NO/c1-2-6(11)3-4-10-5-7(8)9/h7,10H,2-5H2,1H3. The van der Waals surface area contributed by atoms with E-state index in [-0.39, 0.29) is 12.3 Å². The molecule has 0 saturated heterocycles. The van der Waals surface area contributed by atoms with Crippen LogP contribution in [0.2, 0.25) is 0 Å². The molecule has 0 spiro atoms. The Labute approximate surface area is 65.0 Å². The van der Waals surface area contributed by atoms with Crippen LogP contribution in [0.5, 0.6) is 0 Å². The molecule has 66 valence electrons. The van der Waals surface area contributed by atoms with Gasteiger partial charge in [-0.25, -0.2) is 8.78 Å². The molecule has 0 aromatic heterocycles. The molecule has 4 heteroatoms. The van der Waals surface area contributed by atoms with Crippen LogP contribution in [0.25, 0.3) is 0 Å². The minimum Gasteiger partial charge on any atom is -0.311 e. The van der Waals surface area contributed by atoms with Gasteiger partial charge in [0.1, 0.15) is 5.78 Å². The zero-order valence-electron chi connectivity index (χ0n) is 6.57. The van der Waals surface area contributed by atoms with Crippen molar-refractivity contribution < 1.29 is 13.6 Å². The fourth-order valence-electron chi connectivity index (χ4n) is 0.616. The largest absolute Gasteiger partial charge is 0.311 e. The van der Waals surface area contributed by atoms with Crippen molar-refractivity contribution in [1.82, 2.24) is 5.32 Å². The Balaban J connectivity index is 3.08. The first-order valence-electron chi connectivity index (χ1n) is 3.67. The highest BCUT2D eigenvalue weighted by atomic mass is 19.3. The van der Waals surface area contributed by atoms with Crippen molar-refractivity contribution in [1.29, 1.82) is 0 Å². The molecule has 0 aliphatic rings. The van der Waals surface area contributed by atoms with Gasteiger partial charge in [0.15, 0.2) is 0 Å². The number of hydrogen-bond donors (Lipinski definition) is 1. The summed E-state index contributed by atoms with van der Waals surface area (Å²) in [5, 5.41) is 2.48. The summed E-state index contributed by atoms with van der Waals surface area (Å²) in [5.41, 5.74) is 0. The quantitative estimate of drug-likeness (QED) is 0.599. The summed E-state index contributed by atoms with van der Waals surface area (Å²) in [6.45, 7) is 1.80. The van der Waals surface area contributed by atoms with Gasteiger partial charge in [-0.3, -0.25) is 4.79 Å². The number of carbonyl (C=O) groups excluding carboxylic acids is 1. The summed E-state index contributed by atoms with van der Waals surface area (Å²) in [7, 11) is 0. The average Bonchev–Trinajstić information content (AvgIpc) is 1.97. The number of rotatable bonds is 6. The van der Waals surface area contributed by atoms with Crippen LogP contribution in [-0.2, 0) is 4.79 Å². The molecule has 0 aliphatic carbocycles. The third-order valence-corrected chi connectivity index (χ3v) is 1.27. The molecule has 0 bridgehead atoms. The van der Waals surface area contributed by atoms with Crippen molar-refractivity contribution in [2.24, 2.45) is 0 Å². The van der Waals surface area contributed by atoms with Crippen LogP contribution in [0.4, 0.5) is 8.78 Å². The van der Waals surface area contributed by atoms with Gasteiger partial charge in [0.25, 0.3) is 6.43 Å². The van der Waals surface area contributed by atoms with Crippen molar-refractivity contribution >= 4 is 5.78 Å². The Morgan fingerprint density at radius 3 is 2.64 bits per heavy atom. The third-order valence-electron chi connectivity index (χ3n) is 1.27. The van der Waals surface area contributed by atoms with E-state index >= 15 is 0 Å². The Kier molecular flexibility index (Phi) is 5.93. The molecule has 1 N–H and O–H groups in total. The summed E-state index contributed by atoms with van der Waals surface area (Å²) in [5.74, 6) is 0.103. The van der Waals surface area contributed by atoms with E-state index in [0.717, 1.165) is 0 Å². The van der Waals surface area contributed by atoms with E-state index in [9.17, 15) is 13.6 Å². The van der Waals surface area contributed by atoms with E-state index < -0.39 is 6.43 Å².